The predicted octanol–water partition coefficient (Wildman–Crippen LogP) is 15.0. The van der Waals surface area contributed by atoms with E-state index in [1.807, 2.05) is 0 Å². The predicted molar refractivity (Wildman–Crippen MR) is 277 cm³/mol. The summed E-state index contributed by atoms with van der Waals surface area (Å²) in [7, 11) is 0. The molecule has 8 heteroatoms. The molecule has 0 aromatic heterocycles. The Hall–Kier alpha value is -1.90. The summed E-state index contributed by atoms with van der Waals surface area (Å²) in [5.41, 5.74) is 2.19. The average Bonchev–Trinajstić information content (AvgIpc) is 3.67. The van der Waals surface area contributed by atoms with Crippen LogP contribution in [0, 0.1) is 46.3 Å². The lowest BCUT2D eigenvalue weighted by molar-refractivity contribution is -0.148. The number of hydrogen-bond donors (Lipinski definition) is 1. The number of piperidine rings is 1. The number of nitrogens with zero attached hydrogens (tertiary/aromatic N) is 1. The Kier molecular flexibility index (Phi) is 25.2. The highest BCUT2D eigenvalue weighted by Crippen LogP contribution is 2.67. The van der Waals surface area contributed by atoms with Crippen LogP contribution in [0.2, 0.25) is 0 Å². The third kappa shape index (κ3) is 18.0. The van der Waals surface area contributed by atoms with Crippen molar-refractivity contribution in [3.63, 3.8) is 0 Å². The van der Waals surface area contributed by atoms with Gasteiger partial charge in [0, 0.05) is 19.6 Å². The number of allylic oxidation sites excluding steroid dienone is 3. The molecule has 8 nitrogen and oxygen atoms in total. The zero-order valence-electron chi connectivity index (χ0n) is 44.6. The topological polar surface area (TPSA) is 86.3 Å². The molecule has 3 saturated carbocycles. The summed E-state index contributed by atoms with van der Waals surface area (Å²) in [6.45, 7) is 21.2. The number of carbonyl (C=O) groups excluding carboxylic acids is 2. The Morgan fingerprint density at radius 1 is 0.776 bits per heavy atom. The van der Waals surface area contributed by atoms with E-state index in [2.05, 4.69) is 70.0 Å². The molecule has 0 radical (unpaired) electrons. The Bertz CT molecular complexity index is 1460. The number of fused-ring (bicyclic) bond motifs is 5. The fraction of sp³-hybridized carbons (Fsp3) is 0.898. The van der Waals surface area contributed by atoms with Crippen LogP contribution >= 0.6 is 0 Å². The maximum absolute atomic E-state index is 13.1. The lowest BCUT2D eigenvalue weighted by atomic mass is 9.47. The van der Waals surface area contributed by atoms with Gasteiger partial charge in [0.1, 0.15) is 18.8 Å². The zero-order chi connectivity index (χ0) is 47.9. The summed E-state index contributed by atoms with van der Waals surface area (Å²) in [5.74, 6) is 4.38. The Labute approximate surface area is 412 Å². The third-order valence-electron chi connectivity index (χ3n) is 17.9. The fourth-order valence-corrected chi connectivity index (χ4v) is 13.9. The number of rotatable bonds is 32. The second-order valence-corrected chi connectivity index (χ2v) is 23.5. The number of ether oxygens (including phenoxy) is 4. The second-order valence-electron chi connectivity index (χ2n) is 23.5. The smallest absolute Gasteiger partial charge is 0.408 e. The van der Waals surface area contributed by atoms with Crippen molar-refractivity contribution in [3.05, 3.63) is 23.8 Å². The van der Waals surface area contributed by atoms with Crippen molar-refractivity contribution in [2.75, 3.05) is 46.1 Å². The van der Waals surface area contributed by atoms with Crippen LogP contribution in [-0.4, -0.2) is 81.3 Å². The van der Waals surface area contributed by atoms with Crippen LogP contribution in [0.5, 0.6) is 0 Å². The number of carbonyl (C=O) groups is 2. The van der Waals surface area contributed by atoms with E-state index in [9.17, 15) is 9.59 Å². The van der Waals surface area contributed by atoms with Gasteiger partial charge in [0.05, 0.1) is 19.3 Å². The van der Waals surface area contributed by atoms with Crippen LogP contribution in [-0.2, 0) is 23.7 Å². The highest BCUT2D eigenvalue weighted by Gasteiger charge is 2.59. The Morgan fingerprint density at radius 3 is 2.19 bits per heavy atom. The Balaban J connectivity index is 0.939. The zero-order valence-corrected chi connectivity index (χ0v) is 44.6. The summed E-state index contributed by atoms with van der Waals surface area (Å²) in [4.78, 5) is 28.6. The quantitative estimate of drug-likeness (QED) is 0.0408. The summed E-state index contributed by atoms with van der Waals surface area (Å²) in [6, 6.07) is -0.801. The van der Waals surface area contributed by atoms with E-state index in [-0.39, 0.29) is 24.2 Å². The van der Waals surface area contributed by atoms with Gasteiger partial charge in [-0.1, -0.05) is 149 Å². The largest absolute Gasteiger partial charge is 0.462 e. The first-order valence-corrected chi connectivity index (χ1v) is 28.8. The molecule has 0 aromatic carbocycles. The normalized spacial score (nSPS) is 28.9. The van der Waals surface area contributed by atoms with Crippen LogP contribution < -0.4 is 5.32 Å². The van der Waals surface area contributed by atoms with Crippen molar-refractivity contribution in [3.8, 4) is 0 Å². The van der Waals surface area contributed by atoms with Crippen molar-refractivity contribution >= 4 is 12.1 Å². The molecule has 1 heterocycles. The number of unbranched alkanes of at least 4 members (excludes halogenated alkanes) is 12. The minimum absolute atomic E-state index is 0.0644. The first kappa shape index (κ1) is 56.0. The maximum Gasteiger partial charge on any atom is 0.408 e. The van der Waals surface area contributed by atoms with Gasteiger partial charge >= 0.3 is 12.1 Å². The summed E-state index contributed by atoms with van der Waals surface area (Å²) < 4.78 is 24.0. The van der Waals surface area contributed by atoms with E-state index >= 15 is 0 Å². The van der Waals surface area contributed by atoms with Crippen LogP contribution in [0.3, 0.4) is 0 Å². The molecule has 5 rings (SSSR count). The molecule has 0 aromatic rings. The van der Waals surface area contributed by atoms with E-state index in [4.69, 9.17) is 18.9 Å². The molecule has 67 heavy (non-hydrogen) atoms. The number of amides is 1. The highest BCUT2D eigenvalue weighted by molar-refractivity contribution is 5.80. The first-order valence-electron chi connectivity index (χ1n) is 28.8. The average molecular weight is 937 g/mol. The van der Waals surface area contributed by atoms with Crippen LogP contribution in [0.15, 0.2) is 23.8 Å². The van der Waals surface area contributed by atoms with Gasteiger partial charge < -0.3 is 29.2 Å². The van der Waals surface area contributed by atoms with Gasteiger partial charge in [0.25, 0.3) is 0 Å². The van der Waals surface area contributed by atoms with E-state index in [0.717, 1.165) is 87.4 Å². The molecule has 4 fully saturated rings. The van der Waals surface area contributed by atoms with Gasteiger partial charge in [-0.3, -0.25) is 0 Å². The fourth-order valence-electron chi connectivity index (χ4n) is 13.9. The summed E-state index contributed by atoms with van der Waals surface area (Å²) in [5, 5.41) is 2.77. The van der Waals surface area contributed by atoms with E-state index in [1.165, 1.54) is 160 Å². The SMILES string of the molecule is CCCCCCCC/C=C\CCCCCCCCOCC(CN1CCCCC1)OCCOC(=O)[C@H](C)NC(=O)OC1CC[C@@]2(C)C(=CC[C@H]3[C@@H]4CC[C@H]([C@@H](C)CCCC(C)C)[C@@]4(C)CC[C@@H]32)C1. The molecule has 0 bridgehead atoms. The number of hydrogen-bond acceptors (Lipinski definition) is 7. The molecular weight excluding hydrogens is 833 g/mol. The number of alkyl carbamates (subject to hydrolysis) is 1. The molecule has 1 aliphatic heterocycles. The van der Waals surface area contributed by atoms with Crippen LogP contribution in [0.4, 0.5) is 4.79 Å². The second kappa shape index (κ2) is 30.1. The summed E-state index contributed by atoms with van der Waals surface area (Å²) in [6.07, 6.45) is 42.1. The molecule has 1 amide bonds. The monoisotopic (exact) mass is 937 g/mol. The molecule has 386 valence electrons. The lowest BCUT2D eigenvalue weighted by Crippen LogP contribution is -2.51. The standard InChI is InChI=1S/C59H104N2O6/c1-8-9-10-11-12-13-14-15-16-17-18-19-20-21-22-26-40-64-45-51(44-61-38-24-23-25-39-61)65-41-42-66-56(62)48(5)60-57(63)67-50-34-36-58(6)49(43-50)30-31-52-54-33-32-53(47(4)29-27-28-46(2)3)59(54,7)37-35-55(52)58/h15-16,30,46-48,50-55H,8-14,17-29,31-45H2,1-7H3,(H,60,63)/b16-15-/t47-,48-,50?,51?,52-,53+,54-,55-,58-,59+/m0/s1. The Morgan fingerprint density at radius 2 is 1.48 bits per heavy atom. The van der Waals surface area contributed by atoms with Gasteiger partial charge in [-0.2, -0.15) is 0 Å². The maximum atomic E-state index is 13.1. The molecule has 1 saturated heterocycles. The molecule has 5 aliphatic rings. The molecular formula is C59H104N2O6. The van der Waals surface area contributed by atoms with Crippen molar-refractivity contribution in [1.82, 2.24) is 10.2 Å². The van der Waals surface area contributed by atoms with E-state index in [1.54, 1.807) is 6.92 Å². The van der Waals surface area contributed by atoms with E-state index in [0.29, 0.717) is 18.6 Å². The van der Waals surface area contributed by atoms with Crippen LogP contribution in [0.1, 0.15) is 228 Å². The number of esters is 1. The van der Waals surface area contributed by atoms with Crippen molar-refractivity contribution in [2.45, 2.75) is 246 Å². The first-order chi connectivity index (χ1) is 32.4. The van der Waals surface area contributed by atoms with Gasteiger partial charge in [-0.15, -0.1) is 0 Å². The van der Waals surface area contributed by atoms with Crippen molar-refractivity contribution in [2.24, 2.45) is 46.3 Å². The van der Waals surface area contributed by atoms with Crippen LogP contribution in [0.25, 0.3) is 0 Å². The minimum Gasteiger partial charge on any atom is -0.462 e. The summed E-state index contributed by atoms with van der Waals surface area (Å²) >= 11 is 0. The van der Waals surface area contributed by atoms with Gasteiger partial charge in [-0.25, -0.2) is 9.59 Å². The van der Waals surface area contributed by atoms with Crippen molar-refractivity contribution < 1.29 is 28.5 Å². The molecule has 1 N–H and O–H groups in total. The third-order valence-corrected chi connectivity index (χ3v) is 17.9. The molecule has 0 spiro atoms. The van der Waals surface area contributed by atoms with Gasteiger partial charge in [0.2, 0.25) is 0 Å². The molecule has 2 unspecified atom stereocenters. The van der Waals surface area contributed by atoms with Gasteiger partial charge in [0.15, 0.2) is 0 Å². The van der Waals surface area contributed by atoms with Gasteiger partial charge in [-0.05, 0) is 156 Å². The molecule has 10 atom stereocenters. The number of nitrogens with one attached hydrogen (secondary N) is 1. The minimum atomic E-state index is -0.801. The number of likely N-dealkylation sites (tertiary alicyclic amines) is 1. The van der Waals surface area contributed by atoms with Crippen molar-refractivity contribution in [1.29, 1.82) is 0 Å². The lowest BCUT2D eigenvalue weighted by Gasteiger charge is -2.58. The van der Waals surface area contributed by atoms with E-state index < -0.39 is 18.1 Å². The highest BCUT2D eigenvalue weighted by atomic mass is 16.6. The molecule has 4 aliphatic carbocycles.